The van der Waals surface area contributed by atoms with Crippen LogP contribution in [0, 0.1) is 28.6 Å². The smallest absolute Gasteiger partial charge is 0.331 e. The molecule has 5 fully saturated rings. The summed E-state index contributed by atoms with van der Waals surface area (Å²) in [5, 5.41) is 11.9. The van der Waals surface area contributed by atoms with Crippen LogP contribution in [0.3, 0.4) is 0 Å². The second kappa shape index (κ2) is 6.37. The van der Waals surface area contributed by atoms with Crippen LogP contribution in [0.15, 0.2) is 11.6 Å². The number of hydrogen-bond donors (Lipinski definition) is 1. The molecule has 6 aliphatic rings. The zero-order valence-electron chi connectivity index (χ0n) is 18.9. The van der Waals surface area contributed by atoms with Crippen molar-refractivity contribution >= 4 is 17.9 Å². The summed E-state index contributed by atoms with van der Waals surface area (Å²) in [6.07, 6.45) is 7.58. The summed E-state index contributed by atoms with van der Waals surface area (Å²) in [6, 6.07) is 0. The second-order valence-corrected chi connectivity index (χ2v) is 11.4. The van der Waals surface area contributed by atoms with Crippen molar-refractivity contribution in [1.82, 2.24) is 0 Å². The van der Waals surface area contributed by atoms with Gasteiger partial charge in [-0.25, -0.2) is 4.79 Å². The molecule has 1 N–H and O–H groups in total. The molecule has 2 bridgehead atoms. The number of hydrogen-bond acceptors (Lipinski definition) is 7. The van der Waals surface area contributed by atoms with Crippen LogP contribution in [-0.2, 0) is 28.6 Å². The minimum absolute atomic E-state index is 0.00760. The SMILES string of the molecule is CC(=O)O[C@@H]1CC[C@@]23C(=O)O[C@]4(CC[C@@]2(O)C1)[C@@H]1CC[C@H](C2=CC(=O)OC2)[C@@]1(C)CC[C@@H]43. The highest BCUT2D eigenvalue weighted by Crippen LogP contribution is 2.75. The van der Waals surface area contributed by atoms with Crippen LogP contribution in [-0.4, -0.2) is 46.9 Å². The highest BCUT2D eigenvalue weighted by molar-refractivity contribution is 5.85. The third-order valence-corrected chi connectivity index (χ3v) is 10.4. The van der Waals surface area contributed by atoms with Gasteiger partial charge < -0.3 is 19.3 Å². The van der Waals surface area contributed by atoms with Gasteiger partial charge in [-0.05, 0) is 68.3 Å². The molecule has 32 heavy (non-hydrogen) atoms. The molecule has 4 saturated carbocycles. The molecule has 4 aliphatic carbocycles. The number of cyclic esters (lactones) is 1. The maximum atomic E-state index is 13.6. The highest BCUT2D eigenvalue weighted by atomic mass is 16.6. The summed E-state index contributed by atoms with van der Waals surface area (Å²) in [7, 11) is 0. The van der Waals surface area contributed by atoms with Gasteiger partial charge in [-0.3, -0.25) is 9.59 Å². The molecule has 0 aromatic rings. The number of fused-ring (bicyclic) bond motifs is 1. The Bertz CT molecular complexity index is 941. The number of rotatable bonds is 2. The molecule has 0 radical (unpaired) electrons. The Kier molecular flexibility index (Phi) is 4.12. The fourth-order valence-electron chi connectivity index (χ4n) is 9.27. The van der Waals surface area contributed by atoms with Crippen LogP contribution < -0.4 is 0 Å². The van der Waals surface area contributed by atoms with E-state index in [-0.39, 0.29) is 47.2 Å². The lowest BCUT2D eigenvalue weighted by atomic mass is 9.42. The summed E-state index contributed by atoms with van der Waals surface area (Å²) in [5.41, 5.74) is -1.58. The van der Waals surface area contributed by atoms with E-state index >= 15 is 0 Å². The minimum Gasteiger partial charge on any atom is -0.462 e. The molecule has 2 heterocycles. The van der Waals surface area contributed by atoms with Gasteiger partial charge in [-0.1, -0.05) is 6.92 Å². The predicted octanol–water partition coefficient (Wildman–Crippen LogP) is 2.83. The second-order valence-electron chi connectivity index (χ2n) is 11.4. The van der Waals surface area contributed by atoms with Crippen molar-refractivity contribution in [3.05, 3.63) is 11.6 Å². The molecule has 6 rings (SSSR count). The van der Waals surface area contributed by atoms with E-state index in [0.29, 0.717) is 38.7 Å². The first-order valence-corrected chi connectivity index (χ1v) is 12.1. The fraction of sp³-hybridized carbons (Fsp3) is 0.800. The largest absolute Gasteiger partial charge is 0.462 e. The molecule has 8 atom stereocenters. The molecule has 7 nitrogen and oxygen atoms in total. The van der Waals surface area contributed by atoms with Crippen molar-refractivity contribution in [3.8, 4) is 0 Å². The first-order chi connectivity index (χ1) is 15.1. The highest BCUT2D eigenvalue weighted by Gasteiger charge is 2.80. The van der Waals surface area contributed by atoms with Gasteiger partial charge in [0.1, 0.15) is 23.7 Å². The summed E-state index contributed by atoms with van der Waals surface area (Å²) >= 11 is 0. The molecule has 0 unspecified atom stereocenters. The van der Waals surface area contributed by atoms with Crippen molar-refractivity contribution in [2.24, 2.45) is 28.6 Å². The molecule has 2 aliphatic heterocycles. The quantitative estimate of drug-likeness (QED) is 0.516. The summed E-state index contributed by atoms with van der Waals surface area (Å²) in [4.78, 5) is 36.9. The van der Waals surface area contributed by atoms with Gasteiger partial charge in [-0.15, -0.1) is 0 Å². The first-order valence-electron chi connectivity index (χ1n) is 12.1. The Morgan fingerprint density at radius 2 is 1.91 bits per heavy atom. The lowest BCUT2D eigenvalue weighted by Gasteiger charge is -2.61. The molecule has 7 heteroatoms. The summed E-state index contributed by atoms with van der Waals surface area (Å²) in [6.45, 7) is 4.07. The minimum atomic E-state index is -1.19. The molecule has 1 saturated heterocycles. The van der Waals surface area contributed by atoms with Gasteiger partial charge in [0.25, 0.3) is 0 Å². The monoisotopic (exact) mass is 444 g/mol. The van der Waals surface area contributed by atoms with Crippen molar-refractivity contribution < 1.29 is 33.7 Å². The summed E-state index contributed by atoms with van der Waals surface area (Å²) in [5.74, 6) is -0.360. The molecule has 174 valence electrons. The van der Waals surface area contributed by atoms with E-state index < -0.39 is 16.6 Å². The van der Waals surface area contributed by atoms with Crippen LogP contribution in [0.5, 0.6) is 0 Å². The molecule has 0 aromatic heterocycles. The van der Waals surface area contributed by atoms with Gasteiger partial charge in [0.15, 0.2) is 0 Å². The number of esters is 3. The third-order valence-electron chi connectivity index (χ3n) is 10.4. The van der Waals surface area contributed by atoms with Crippen molar-refractivity contribution in [2.75, 3.05) is 6.61 Å². The standard InChI is InChI=1S/C25H32O7/c1-14(26)31-16-5-8-24-19-6-7-22(2)17(15-11-20(27)30-13-15)3-4-18(22)25(19,32-21(24)28)10-9-23(24,29)12-16/h11,16-19,29H,3-10,12-13H2,1-2H3/t16-,17-,18-,19-,22-,23-,24-,25-/m1/s1. The molecule has 0 amide bonds. The number of carbonyl (C=O) groups is 3. The molecule has 1 spiro atoms. The maximum Gasteiger partial charge on any atom is 0.331 e. The Morgan fingerprint density at radius 1 is 1.09 bits per heavy atom. The van der Waals surface area contributed by atoms with E-state index in [1.807, 2.05) is 0 Å². The average molecular weight is 445 g/mol. The third kappa shape index (κ3) is 2.33. The van der Waals surface area contributed by atoms with E-state index in [1.54, 1.807) is 6.08 Å². The number of carbonyl (C=O) groups excluding carboxylic acids is 3. The Morgan fingerprint density at radius 3 is 2.62 bits per heavy atom. The van der Waals surface area contributed by atoms with E-state index in [1.165, 1.54) is 6.92 Å². The van der Waals surface area contributed by atoms with E-state index in [4.69, 9.17) is 14.2 Å². The topological polar surface area (TPSA) is 99.1 Å². The summed E-state index contributed by atoms with van der Waals surface area (Å²) < 4.78 is 17.1. The van der Waals surface area contributed by atoms with E-state index in [9.17, 15) is 19.5 Å². The first kappa shape index (κ1) is 20.7. The average Bonchev–Trinajstić information content (AvgIpc) is 3.34. The van der Waals surface area contributed by atoms with Crippen LogP contribution in [0.25, 0.3) is 0 Å². The van der Waals surface area contributed by atoms with Gasteiger partial charge in [-0.2, -0.15) is 0 Å². The number of ether oxygens (including phenoxy) is 3. The van der Waals surface area contributed by atoms with Gasteiger partial charge in [0.2, 0.25) is 0 Å². The van der Waals surface area contributed by atoms with Crippen LogP contribution in [0.4, 0.5) is 0 Å². The van der Waals surface area contributed by atoms with Crippen LogP contribution in [0.1, 0.15) is 71.6 Å². The molecule has 0 aromatic carbocycles. The van der Waals surface area contributed by atoms with Gasteiger partial charge >= 0.3 is 17.9 Å². The lowest BCUT2D eigenvalue weighted by Crippen LogP contribution is -2.67. The Balaban J connectivity index is 1.35. The van der Waals surface area contributed by atoms with E-state index in [2.05, 4.69) is 6.92 Å². The van der Waals surface area contributed by atoms with Crippen LogP contribution >= 0.6 is 0 Å². The number of aliphatic hydroxyl groups is 1. The zero-order valence-corrected chi connectivity index (χ0v) is 18.9. The zero-order chi connectivity index (χ0) is 22.5. The van der Waals surface area contributed by atoms with E-state index in [0.717, 1.165) is 31.3 Å². The van der Waals surface area contributed by atoms with Crippen molar-refractivity contribution in [3.63, 3.8) is 0 Å². The predicted molar refractivity (Wildman–Crippen MR) is 111 cm³/mol. The fourth-order valence-corrected chi connectivity index (χ4v) is 9.27. The Hall–Kier alpha value is -1.89. The maximum absolute atomic E-state index is 13.6. The molecular weight excluding hydrogens is 412 g/mol. The van der Waals surface area contributed by atoms with Gasteiger partial charge in [0.05, 0.1) is 5.60 Å². The van der Waals surface area contributed by atoms with Crippen molar-refractivity contribution in [2.45, 2.75) is 88.9 Å². The van der Waals surface area contributed by atoms with Crippen molar-refractivity contribution in [1.29, 1.82) is 0 Å². The normalized spacial score (nSPS) is 51.2. The lowest BCUT2D eigenvalue weighted by molar-refractivity contribution is -0.218. The van der Waals surface area contributed by atoms with Gasteiger partial charge in [0, 0.05) is 31.3 Å². The van der Waals surface area contributed by atoms with Crippen LogP contribution in [0.2, 0.25) is 0 Å². The Labute approximate surface area is 187 Å². The molecular formula is C25H32O7.